The van der Waals surface area contributed by atoms with Crippen LogP contribution in [-0.2, 0) is 0 Å². The molecule has 0 aromatic carbocycles. The van der Waals surface area contributed by atoms with Gasteiger partial charge in [0, 0.05) is 6.42 Å². The van der Waals surface area contributed by atoms with Gasteiger partial charge in [-0.05, 0) is 37.3 Å². The first-order valence-corrected chi connectivity index (χ1v) is 5.22. The zero-order valence-corrected chi connectivity index (χ0v) is 7.70. The van der Waals surface area contributed by atoms with Gasteiger partial charge in [-0.3, -0.25) is 0 Å². The van der Waals surface area contributed by atoms with Crippen LogP contribution < -0.4 is 5.73 Å². The second-order valence-corrected chi connectivity index (χ2v) is 3.59. The molecule has 0 aliphatic heterocycles. The van der Waals surface area contributed by atoms with Gasteiger partial charge in [0.25, 0.3) is 0 Å². The van der Waals surface area contributed by atoms with E-state index in [1.807, 2.05) is 11.8 Å². The number of rotatable bonds is 7. The molecule has 0 radical (unpaired) electrons. The molecule has 11 heavy (non-hydrogen) atoms. The summed E-state index contributed by atoms with van der Waals surface area (Å²) in [4.78, 5) is 0. The van der Waals surface area contributed by atoms with Crippen LogP contribution in [0, 0.1) is 11.3 Å². The van der Waals surface area contributed by atoms with Crippen LogP contribution in [0.5, 0.6) is 0 Å². The van der Waals surface area contributed by atoms with Crippen LogP contribution in [0.15, 0.2) is 0 Å². The summed E-state index contributed by atoms with van der Waals surface area (Å²) in [5.41, 5.74) is 5.33. The Kier molecular flexibility index (Phi) is 9.62. The molecular formula is C8H16N2S. The number of hydrogen-bond donors (Lipinski definition) is 1. The summed E-state index contributed by atoms with van der Waals surface area (Å²) in [6.45, 7) is 0.797. The van der Waals surface area contributed by atoms with E-state index in [1.54, 1.807) is 0 Å². The van der Waals surface area contributed by atoms with E-state index in [-0.39, 0.29) is 0 Å². The molecule has 0 saturated heterocycles. The Hall–Kier alpha value is -0.200. The van der Waals surface area contributed by atoms with Gasteiger partial charge < -0.3 is 5.73 Å². The van der Waals surface area contributed by atoms with E-state index in [0.29, 0.717) is 6.42 Å². The van der Waals surface area contributed by atoms with E-state index in [9.17, 15) is 0 Å². The van der Waals surface area contributed by atoms with E-state index >= 15 is 0 Å². The number of nitrogens with two attached hydrogens (primary N) is 1. The van der Waals surface area contributed by atoms with Gasteiger partial charge >= 0.3 is 0 Å². The fourth-order valence-corrected chi connectivity index (χ4v) is 1.68. The number of hydrogen-bond acceptors (Lipinski definition) is 3. The highest BCUT2D eigenvalue weighted by Gasteiger charge is 1.89. The van der Waals surface area contributed by atoms with Gasteiger partial charge in [-0.1, -0.05) is 0 Å². The lowest BCUT2D eigenvalue weighted by Gasteiger charge is -1.97. The first-order valence-electron chi connectivity index (χ1n) is 4.06. The number of unbranched alkanes of at least 4 members (excludes halogenated alkanes) is 2. The number of nitrogens with zero attached hydrogens (tertiary/aromatic N) is 1. The highest BCUT2D eigenvalue weighted by atomic mass is 32.2. The summed E-state index contributed by atoms with van der Waals surface area (Å²) in [6, 6.07) is 2.14. The Balaban J connectivity index is 2.75. The normalized spacial score (nSPS) is 9.45. The van der Waals surface area contributed by atoms with Crippen molar-refractivity contribution < 1.29 is 0 Å². The van der Waals surface area contributed by atoms with E-state index in [0.717, 1.165) is 19.4 Å². The SMILES string of the molecule is N#CCCCCSCCCN. The first-order chi connectivity index (χ1) is 5.41. The minimum Gasteiger partial charge on any atom is -0.330 e. The lowest BCUT2D eigenvalue weighted by atomic mass is 10.3. The summed E-state index contributed by atoms with van der Waals surface area (Å²) in [5, 5.41) is 8.23. The van der Waals surface area contributed by atoms with Gasteiger partial charge in [-0.15, -0.1) is 0 Å². The average Bonchev–Trinajstić information content (AvgIpc) is 2.03. The summed E-state index contributed by atoms with van der Waals surface area (Å²) >= 11 is 1.94. The molecule has 0 aromatic heterocycles. The molecule has 0 atom stereocenters. The van der Waals surface area contributed by atoms with Crippen LogP contribution in [0.2, 0.25) is 0 Å². The Morgan fingerprint density at radius 2 is 1.91 bits per heavy atom. The van der Waals surface area contributed by atoms with Gasteiger partial charge in [-0.2, -0.15) is 17.0 Å². The minimum absolute atomic E-state index is 0.706. The van der Waals surface area contributed by atoms with Gasteiger partial charge in [-0.25, -0.2) is 0 Å². The Morgan fingerprint density at radius 3 is 2.55 bits per heavy atom. The predicted molar refractivity (Wildman–Crippen MR) is 50.5 cm³/mol. The quantitative estimate of drug-likeness (QED) is 0.595. The second kappa shape index (κ2) is 9.80. The van der Waals surface area contributed by atoms with Crippen molar-refractivity contribution in [3.63, 3.8) is 0 Å². The van der Waals surface area contributed by atoms with Crippen LogP contribution >= 0.6 is 11.8 Å². The lowest BCUT2D eigenvalue weighted by Crippen LogP contribution is -1.99. The summed E-state index contributed by atoms with van der Waals surface area (Å²) in [7, 11) is 0. The molecule has 0 aliphatic rings. The fraction of sp³-hybridized carbons (Fsp3) is 0.875. The highest BCUT2D eigenvalue weighted by Crippen LogP contribution is 2.06. The van der Waals surface area contributed by atoms with Gasteiger partial charge in [0.05, 0.1) is 6.07 Å². The Labute approximate surface area is 73.1 Å². The van der Waals surface area contributed by atoms with Crippen molar-refractivity contribution in [3.05, 3.63) is 0 Å². The molecule has 0 spiro atoms. The maximum atomic E-state index is 8.23. The number of nitriles is 1. The molecule has 0 amide bonds. The molecule has 64 valence electrons. The van der Waals surface area contributed by atoms with E-state index < -0.39 is 0 Å². The van der Waals surface area contributed by atoms with Crippen LogP contribution in [0.4, 0.5) is 0 Å². The van der Waals surface area contributed by atoms with E-state index in [2.05, 4.69) is 6.07 Å². The molecule has 2 N–H and O–H groups in total. The predicted octanol–water partition coefficient (Wildman–Crippen LogP) is 1.76. The van der Waals surface area contributed by atoms with Crippen molar-refractivity contribution in [1.82, 2.24) is 0 Å². The lowest BCUT2D eigenvalue weighted by molar-refractivity contribution is 0.828. The second-order valence-electron chi connectivity index (χ2n) is 2.37. The van der Waals surface area contributed by atoms with Crippen molar-refractivity contribution in [3.8, 4) is 6.07 Å². The van der Waals surface area contributed by atoms with Crippen molar-refractivity contribution in [2.45, 2.75) is 25.7 Å². The molecule has 0 aliphatic carbocycles. The Bertz CT molecular complexity index is 109. The van der Waals surface area contributed by atoms with E-state index in [1.165, 1.54) is 17.9 Å². The average molecular weight is 172 g/mol. The molecular weight excluding hydrogens is 156 g/mol. The van der Waals surface area contributed by atoms with E-state index in [4.69, 9.17) is 11.0 Å². The molecule has 3 heteroatoms. The molecule has 0 bridgehead atoms. The van der Waals surface area contributed by atoms with Crippen molar-refractivity contribution in [2.75, 3.05) is 18.1 Å². The third-order valence-corrected chi connectivity index (χ3v) is 2.47. The monoisotopic (exact) mass is 172 g/mol. The molecule has 0 saturated carbocycles. The Morgan fingerprint density at radius 1 is 1.18 bits per heavy atom. The molecule has 0 fully saturated rings. The molecule has 0 unspecified atom stereocenters. The zero-order valence-electron chi connectivity index (χ0n) is 6.88. The minimum atomic E-state index is 0.706. The third-order valence-electron chi connectivity index (χ3n) is 1.32. The fourth-order valence-electron chi connectivity index (χ4n) is 0.696. The standard InChI is InChI=1S/C8H16N2S/c9-5-2-1-3-7-11-8-4-6-10/h1-4,6-8,10H2. The maximum Gasteiger partial charge on any atom is 0.0621 e. The van der Waals surface area contributed by atoms with Gasteiger partial charge in [0.1, 0.15) is 0 Å². The molecule has 0 rings (SSSR count). The topological polar surface area (TPSA) is 49.8 Å². The third kappa shape index (κ3) is 9.80. The largest absolute Gasteiger partial charge is 0.330 e. The zero-order chi connectivity index (χ0) is 8.36. The smallest absolute Gasteiger partial charge is 0.0621 e. The molecule has 0 heterocycles. The van der Waals surface area contributed by atoms with Crippen LogP contribution in [0.3, 0.4) is 0 Å². The van der Waals surface area contributed by atoms with Crippen LogP contribution in [0.1, 0.15) is 25.7 Å². The maximum absolute atomic E-state index is 8.23. The highest BCUT2D eigenvalue weighted by molar-refractivity contribution is 7.99. The van der Waals surface area contributed by atoms with Crippen molar-refractivity contribution in [2.24, 2.45) is 5.73 Å². The molecule has 0 aromatic rings. The van der Waals surface area contributed by atoms with Gasteiger partial charge in [0.15, 0.2) is 0 Å². The van der Waals surface area contributed by atoms with Gasteiger partial charge in [0.2, 0.25) is 0 Å². The van der Waals surface area contributed by atoms with Crippen molar-refractivity contribution >= 4 is 11.8 Å². The summed E-state index contributed by atoms with van der Waals surface area (Å²) in [5.74, 6) is 2.35. The van der Waals surface area contributed by atoms with Crippen molar-refractivity contribution in [1.29, 1.82) is 5.26 Å². The van der Waals surface area contributed by atoms with Crippen LogP contribution in [-0.4, -0.2) is 18.1 Å². The first kappa shape index (κ1) is 10.8. The summed E-state index contributed by atoms with van der Waals surface area (Å²) in [6.07, 6.45) is 4.04. The molecule has 2 nitrogen and oxygen atoms in total. The summed E-state index contributed by atoms with van der Waals surface area (Å²) < 4.78 is 0. The number of thioether (sulfide) groups is 1. The van der Waals surface area contributed by atoms with Crippen LogP contribution in [0.25, 0.3) is 0 Å².